The number of esters is 1. The predicted octanol–water partition coefficient (Wildman–Crippen LogP) is 4.10. The maximum atomic E-state index is 14.2. The maximum absolute atomic E-state index is 14.2. The fourth-order valence-electron chi connectivity index (χ4n) is 7.64. The lowest BCUT2D eigenvalue weighted by Gasteiger charge is -2.41. The highest BCUT2D eigenvalue weighted by Crippen LogP contribution is 2.30. The van der Waals surface area contributed by atoms with Crippen LogP contribution in [0.15, 0.2) is 42.7 Å². The van der Waals surface area contributed by atoms with Gasteiger partial charge < -0.3 is 40.0 Å². The van der Waals surface area contributed by atoms with Gasteiger partial charge in [0.15, 0.2) is 0 Å². The Morgan fingerprint density at radius 3 is 2.05 bits per heavy atom. The summed E-state index contributed by atoms with van der Waals surface area (Å²) in [6.07, 6.45) is 0.967. The number of allylic oxidation sites excluding steroid dienone is 1. The Kier molecular flexibility index (Phi) is 19.5. The van der Waals surface area contributed by atoms with E-state index in [-0.39, 0.29) is 54.1 Å². The molecule has 13 heteroatoms. The summed E-state index contributed by atoms with van der Waals surface area (Å²) in [4.78, 5) is 71.8. The van der Waals surface area contributed by atoms with Gasteiger partial charge >= 0.3 is 5.97 Å². The van der Waals surface area contributed by atoms with Crippen LogP contribution in [-0.4, -0.2) is 117 Å². The minimum Gasteiger partial charge on any atom is -0.430 e. The molecule has 2 rings (SSSR count). The molecule has 55 heavy (non-hydrogen) atoms. The van der Waals surface area contributed by atoms with Gasteiger partial charge in [0.1, 0.15) is 12.1 Å². The van der Waals surface area contributed by atoms with E-state index in [1.807, 2.05) is 71.9 Å². The second-order valence-corrected chi connectivity index (χ2v) is 15.7. The summed E-state index contributed by atoms with van der Waals surface area (Å²) < 4.78 is 17.2. The van der Waals surface area contributed by atoms with Crippen LogP contribution in [0.3, 0.4) is 0 Å². The number of nitrogens with one attached hydrogen (secondary N) is 3. The van der Waals surface area contributed by atoms with Gasteiger partial charge in [0.05, 0.1) is 48.4 Å². The highest BCUT2D eigenvalue weighted by molar-refractivity contribution is 5.90. The van der Waals surface area contributed by atoms with Crippen LogP contribution >= 0.6 is 0 Å². The van der Waals surface area contributed by atoms with Gasteiger partial charge in [-0.1, -0.05) is 91.8 Å². The third kappa shape index (κ3) is 13.1. The van der Waals surface area contributed by atoms with Gasteiger partial charge in [0.2, 0.25) is 23.6 Å². The van der Waals surface area contributed by atoms with Crippen LogP contribution in [0.4, 0.5) is 0 Å². The van der Waals surface area contributed by atoms with Crippen LogP contribution in [0.25, 0.3) is 0 Å². The summed E-state index contributed by atoms with van der Waals surface area (Å²) in [6, 6.07) is 6.26. The molecule has 0 aromatic heterocycles. The SMILES string of the molecule is C=C(C)OC(=O)[C@H](Cc1ccccc1)NC(=O)[C@H](C)[C@@H](OC)[C@@H]1CCCN1C(=O)C[C@@H](OC)[C@H]([C@@H](C)CC)N(C)C(=O)[C@@H](NC(=O)[C@@H](NC)C(C)C)C(C)C. The molecular formula is C42H69N5O8. The molecule has 1 saturated heterocycles. The lowest BCUT2D eigenvalue weighted by molar-refractivity contribution is -0.148. The molecule has 13 nitrogen and oxygen atoms in total. The number of amides is 4. The van der Waals surface area contributed by atoms with Crippen molar-refractivity contribution in [3.8, 4) is 0 Å². The molecule has 0 unspecified atom stereocenters. The van der Waals surface area contributed by atoms with E-state index in [1.54, 1.807) is 44.9 Å². The molecule has 1 aromatic rings. The van der Waals surface area contributed by atoms with Crippen molar-refractivity contribution in [3.05, 3.63) is 48.2 Å². The Morgan fingerprint density at radius 1 is 0.927 bits per heavy atom. The zero-order valence-electron chi connectivity index (χ0n) is 35.3. The van der Waals surface area contributed by atoms with Crippen molar-refractivity contribution in [3.63, 3.8) is 0 Å². The van der Waals surface area contributed by atoms with Crippen molar-refractivity contribution in [1.29, 1.82) is 0 Å². The molecule has 1 fully saturated rings. The first kappa shape index (κ1) is 47.3. The molecular weight excluding hydrogens is 702 g/mol. The molecule has 1 aliphatic rings. The molecule has 4 amide bonds. The van der Waals surface area contributed by atoms with Crippen molar-refractivity contribution in [2.75, 3.05) is 34.9 Å². The second kappa shape index (κ2) is 22.7. The van der Waals surface area contributed by atoms with Crippen molar-refractivity contribution < 1.29 is 38.2 Å². The van der Waals surface area contributed by atoms with E-state index in [2.05, 4.69) is 22.5 Å². The summed E-state index contributed by atoms with van der Waals surface area (Å²) in [5.74, 6) is -2.41. The molecule has 0 bridgehead atoms. The van der Waals surface area contributed by atoms with Gasteiger partial charge in [0.25, 0.3) is 0 Å². The monoisotopic (exact) mass is 772 g/mol. The Hall–Kier alpha value is -3.81. The topological polar surface area (TPSA) is 156 Å². The Morgan fingerprint density at radius 2 is 1.55 bits per heavy atom. The van der Waals surface area contributed by atoms with Gasteiger partial charge in [0, 0.05) is 34.2 Å². The van der Waals surface area contributed by atoms with Crippen molar-refractivity contribution >= 4 is 29.6 Å². The lowest BCUT2D eigenvalue weighted by Crippen LogP contribution is -2.59. The Labute approximate surface area is 329 Å². The molecule has 0 aliphatic carbocycles. The molecule has 9 atom stereocenters. The maximum Gasteiger partial charge on any atom is 0.334 e. The molecule has 310 valence electrons. The van der Waals surface area contributed by atoms with E-state index >= 15 is 0 Å². The van der Waals surface area contributed by atoms with Crippen LogP contribution < -0.4 is 16.0 Å². The highest BCUT2D eigenvalue weighted by Gasteiger charge is 2.43. The number of hydrogen-bond acceptors (Lipinski definition) is 9. The Bertz CT molecular complexity index is 1420. The number of carbonyl (C=O) groups is 5. The fraction of sp³-hybridized carbons (Fsp3) is 0.690. The smallest absolute Gasteiger partial charge is 0.334 e. The van der Waals surface area contributed by atoms with E-state index < -0.39 is 60.2 Å². The highest BCUT2D eigenvalue weighted by atomic mass is 16.5. The zero-order valence-corrected chi connectivity index (χ0v) is 35.3. The van der Waals surface area contributed by atoms with Crippen LogP contribution in [-0.2, 0) is 44.6 Å². The van der Waals surface area contributed by atoms with Gasteiger partial charge in [-0.05, 0) is 50.1 Å². The van der Waals surface area contributed by atoms with Crippen LogP contribution in [0, 0.1) is 23.7 Å². The van der Waals surface area contributed by atoms with Crippen LogP contribution in [0.5, 0.6) is 0 Å². The lowest BCUT2D eigenvalue weighted by atomic mass is 9.89. The summed E-state index contributed by atoms with van der Waals surface area (Å²) in [6.45, 7) is 19.2. The molecule has 3 N–H and O–H groups in total. The quantitative estimate of drug-likeness (QED) is 0.117. The van der Waals surface area contributed by atoms with Crippen LogP contribution in [0.2, 0.25) is 0 Å². The third-order valence-electron chi connectivity index (χ3n) is 10.9. The number of methoxy groups -OCH3 is 2. The Balaban J connectivity index is 2.30. The van der Waals surface area contributed by atoms with E-state index in [4.69, 9.17) is 14.2 Å². The molecule has 0 spiro atoms. The normalized spacial score (nSPS) is 18.7. The van der Waals surface area contributed by atoms with Gasteiger partial charge in [-0.25, -0.2) is 4.79 Å². The number of hydrogen-bond donors (Lipinski definition) is 3. The molecule has 1 aromatic carbocycles. The number of rotatable bonds is 22. The number of likely N-dealkylation sites (tertiary alicyclic amines) is 1. The average Bonchev–Trinajstić information content (AvgIpc) is 3.62. The molecule has 0 saturated carbocycles. The van der Waals surface area contributed by atoms with Crippen molar-refractivity contribution in [2.45, 2.75) is 130 Å². The summed E-state index contributed by atoms with van der Waals surface area (Å²) >= 11 is 0. The average molecular weight is 772 g/mol. The van der Waals surface area contributed by atoms with Crippen molar-refractivity contribution in [1.82, 2.24) is 25.8 Å². The third-order valence-corrected chi connectivity index (χ3v) is 10.9. The van der Waals surface area contributed by atoms with Gasteiger partial charge in [-0.2, -0.15) is 0 Å². The minimum atomic E-state index is -0.962. The largest absolute Gasteiger partial charge is 0.430 e. The summed E-state index contributed by atoms with van der Waals surface area (Å²) in [5.41, 5.74) is 0.851. The first-order valence-electron chi connectivity index (χ1n) is 19.7. The summed E-state index contributed by atoms with van der Waals surface area (Å²) in [7, 11) is 6.51. The number of likely N-dealkylation sites (N-methyl/N-ethyl adjacent to an activating group) is 2. The first-order chi connectivity index (χ1) is 25.9. The molecule has 1 heterocycles. The van der Waals surface area contributed by atoms with E-state index in [0.717, 1.165) is 18.4 Å². The number of ether oxygens (including phenoxy) is 3. The van der Waals surface area contributed by atoms with Gasteiger partial charge in [-0.3, -0.25) is 19.2 Å². The van der Waals surface area contributed by atoms with Crippen molar-refractivity contribution in [2.24, 2.45) is 23.7 Å². The zero-order chi connectivity index (χ0) is 41.6. The minimum absolute atomic E-state index is 0.00356. The predicted molar refractivity (Wildman–Crippen MR) is 214 cm³/mol. The fourth-order valence-corrected chi connectivity index (χ4v) is 7.64. The van der Waals surface area contributed by atoms with E-state index in [1.165, 1.54) is 7.11 Å². The summed E-state index contributed by atoms with van der Waals surface area (Å²) in [5, 5.41) is 8.89. The van der Waals surface area contributed by atoms with Crippen LogP contribution in [0.1, 0.15) is 86.6 Å². The molecule has 0 radical (unpaired) electrons. The number of nitrogens with zero attached hydrogens (tertiary/aromatic N) is 2. The standard InChI is InChI=1S/C42H69N5O8/c1-14-28(8)37(46(11)41(51)36(26(4)5)45-40(50)35(43-10)25(2)3)33(53-12)24-34(48)47-22-18-21-32(47)38(54-13)29(9)39(49)44-31(42(52)55-27(6)7)23-30-19-16-15-17-20-30/h15-17,19-20,25-26,28-29,31-33,35-38,43H,6,14,18,21-24H2,1-5,7-13H3,(H,44,49)(H,45,50)/t28-,29+,31-,32-,33+,35-,36-,37-,38+/m0/s1. The number of benzene rings is 1. The van der Waals surface area contributed by atoms with Gasteiger partial charge in [-0.15, -0.1) is 0 Å². The van der Waals surface area contributed by atoms with E-state index in [9.17, 15) is 24.0 Å². The first-order valence-corrected chi connectivity index (χ1v) is 19.7. The molecule has 1 aliphatic heterocycles. The van der Waals surface area contributed by atoms with E-state index in [0.29, 0.717) is 13.0 Å². The number of carbonyl (C=O) groups excluding carboxylic acids is 5. The second-order valence-electron chi connectivity index (χ2n) is 15.7.